The van der Waals surface area contributed by atoms with Gasteiger partial charge in [0.15, 0.2) is 0 Å². The minimum Gasteiger partial charge on any atom is -0.348 e. The van der Waals surface area contributed by atoms with Gasteiger partial charge in [0.2, 0.25) is 0 Å². The maximum Gasteiger partial charge on any atom is 0.326 e. The molecule has 1 aliphatic carbocycles. The van der Waals surface area contributed by atoms with E-state index in [1.807, 2.05) is 30.3 Å². The molecule has 0 bridgehead atoms. The zero-order chi connectivity index (χ0) is 14.7. The standard InChI is InChI=1S/C16H19N3O2/c20-15(18-13-8-4-5-9-13)14-10-17-16(21)19(14)11-12-6-2-1-3-7-12/h1-3,6-7,10,13H,4-5,8-9,11H2,(H,17,21)(H,18,20). The van der Waals surface area contributed by atoms with Gasteiger partial charge in [-0.2, -0.15) is 0 Å². The van der Waals surface area contributed by atoms with Crippen molar-refractivity contribution in [1.82, 2.24) is 14.9 Å². The molecule has 5 heteroatoms. The first-order chi connectivity index (χ1) is 10.2. The first kappa shape index (κ1) is 13.7. The Labute approximate surface area is 123 Å². The molecule has 0 unspecified atom stereocenters. The normalized spacial score (nSPS) is 15.2. The average molecular weight is 285 g/mol. The highest BCUT2D eigenvalue weighted by atomic mass is 16.2. The van der Waals surface area contributed by atoms with Crippen LogP contribution >= 0.6 is 0 Å². The summed E-state index contributed by atoms with van der Waals surface area (Å²) >= 11 is 0. The summed E-state index contributed by atoms with van der Waals surface area (Å²) in [5.74, 6) is -0.170. The first-order valence-corrected chi connectivity index (χ1v) is 7.37. The molecule has 0 spiro atoms. The molecule has 0 saturated heterocycles. The molecule has 1 aromatic carbocycles. The van der Waals surface area contributed by atoms with Gasteiger partial charge in [-0.3, -0.25) is 9.36 Å². The Morgan fingerprint density at radius 1 is 1.24 bits per heavy atom. The van der Waals surface area contributed by atoms with Gasteiger partial charge in [-0.05, 0) is 18.4 Å². The van der Waals surface area contributed by atoms with Crippen LogP contribution in [0.5, 0.6) is 0 Å². The third-order valence-corrected chi connectivity index (χ3v) is 3.97. The Morgan fingerprint density at radius 3 is 2.67 bits per heavy atom. The van der Waals surface area contributed by atoms with E-state index in [0.717, 1.165) is 31.2 Å². The molecule has 1 amide bonds. The van der Waals surface area contributed by atoms with Crippen molar-refractivity contribution >= 4 is 5.91 Å². The van der Waals surface area contributed by atoms with Crippen molar-refractivity contribution < 1.29 is 4.79 Å². The molecular weight excluding hydrogens is 266 g/mol. The van der Waals surface area contributed by atoms with Gasteiger partial charge in [0.05, 0.1) is 6.54 Å². The maximum atomic E-state index is 12.3. The van der Waals surface area contributed by atoms with Crippen molar-refractivity contribution in [2.24, 2.45) is 0 Å². The summed E-state index contributed by atoms with van der Waals surface area (Å²) in [5, 5.41) is 3.02. The highest BCUT2D eigenvalue weighted by molar-refractivity contribution is 5.92. The van der Waals surface area contributed by atoms with E-state index in [1.165, 1.54) is 10.8 Å². The van der Waals surface area contributed by atoms with E-state index in [-0.39, 0.29) is 17.6 Å². The highest BCUT2D eigenvalue weighted by Gasteiger charge is 2.20. The van der Waals surface area contributed by atoms with Crippen LogP contribution in [0.2, 0.25) is 0 Å². The third-order valence-electron chi connectivity index (χ3n) is 3.97. The van der Waals surface area contributed by atoms with Crippen molar-refractivity contribution in [2.45, 2.75) is 38.3 Å². The summed E-state index contributed by atoms with van der Waals surface area (Å²) in [5.41, 5.74) is 1.14. The van der Waals surface area contributed by atoms with Crippen LogP contribution in [0.1, 0.15) is 41.7 Å². The number of hydrogen-bond acceptors (Lipinski definition) is 2. The fraction of sp³-hybridized carbons (Fsp3) is 0.375. The van der Waals surface area contributed by atoms with Crippen LogP contribution in [0.4, 0.5) is 0 Å². The van der Waals surface area contributed by atoms with E-state index in [4.69, 9.17) is 0 Å². The smallest absolute Gasteiger partial charge is 0.326 e. The van der Waals surface area contributed by atoms with E-state index in [1.54, 1.807) is 0 Å². The minimum atomic E-state index is -0.254. The monoisotopic (exact) mass is 285 g/mol. The van der Waals surface area contributed by atoms with Crippen LogP contribution in [0.25, 0.3) is 0 Å². The van der Waals surface area contributed by atoms with Gasteiger partial charge in [-0.25, -0.2) is 4.79 Å². The minimum absolute atomic E-state index is 0.170. The van der Waals surface area contributed by atoms with E-state index in [2.05, 4.69) is 10.3 Å². The Bertz CT molecular complexity index is 666. The number of carbonyl (C=O) groups is 1. The molecule has 3 rings (SSSR count). The number of aromatic nitrogens is 2. The molecule has 0 atom stereocenters. The predicted molar refractivity (Wildman–Crippen MR) is 80.3 cm³/mol. The average Bonchev–Trinajstić information content (AvgIpc) is 3.11. The summed E-state index contributed by atoms with van der Waals surface area (Å²) in [6.07, 6.45) is 5.87. The molecule has 1 aliphatic rings. The van der Waals surface area contributed by atoms with Gasteiger partial charge < -0.3 is 10.3 Å². The number of benzene rings is 1. The number of aromatic amines is 1. The van der Waals surface area contributed by atoms with Gasteiger partial charge in [-0.15, -0.1) is 0 Å². The molecule has 1 aromatic heterocycles. The van der Waals surface area contributed by atoms with Crippen molar-refractivity contribution in [3.05, 3.63) is 58.3 Å². The quantitative estimate of drug-likeness (QED) is 0.901. The summed E-state index contributed by atoms with van der Waals surface area (Å²) < 4.78 is 1.49. The molecule has 0 radical (unpaired) electrons. The number of H-pyrrole nitrogens is 1. The van der Waals surface area contributed by atoms with Gasteiger partial charge in [-0.1, -0.05) is 43.2 Å². The zero-order valence-electron chi connectivity index (χ0n) is 11.8. The second-order valence-corrected chi connectivity index (χ2v) is 5.51. The molecule has 1 fully saturated rings. The van der Waals surface area contributed by atoms with Crippen LogP contribution < -0.4 is 11.0 Å². The fourth-order valence-corrected chi connectivity index (χ4v) is 2.84. The van der Waals surface area contributed by atoms with Crippen molar-refractivity contribution in [1.29, 1.82) is 0 Å². The maximum absolute atomic E-state index is 12.3. The third kappa shape index (κ3) is 3.07. The molecule has 0 aliphatic heterocycles. The SMILES string of the molecule is O=C(NC1CCCC1)c1c[nH]c(=O)n1Cc1ccccc1. The Hall–Kier alpha value is -2.30. The summed E-state index contributed by atoms with van der Waals surface area (Å²) in [4.78, 5) is 26.9. The van der Waals surface area contributed by atoms with Crippen LogP contribution in [-0.4, -0.2) is 21.5 Å². The number of carbonyl (C=O) groups excluding carboxylic acids is 1. The van der Waals surface area contributed by atoms with Crippen LogP contribution in [0.15, 0.2) is 41.3 Å². The fourth-order valence-electron chi connectivity index (χ4n) is 2.84. The van der Waals surface area contributed by atoms with E-state index in [0.29, 0.717) is 12.2 Å². The molecular formula is C16H19N3O2. The lowest BCUT2D eigenvalue weighted by Crippen LogP contribution is -2.35. The number of nitrogens with zero attached hydrogens (tertiary/aromatic N) is 1. The Morgan fingerprint density at radius 2 is 1.95 bits per heavy atom. The van der Waals surface area contributed by atoms with Gasteiger partial charge in [0, 0.05) is 12.2 Å². The van der Waals surface area contributed by atoms with Crippen molar-refractivity contribution in [3.8, 4) is 0 Å². The zero-order valence-corrected chi connectivity index (χ0v) is 11.8. The number of imidazole rings is 1. The van der Waals surface area contributed by atoms with E-state index < -0.39 is 0 Å². The van der Waals surface area contributed by atoms with Crippen molar-refractivity contribution in [3.63, 3.8) is 0 Å². The summed E-state index contributed by atoms with van der Waals surface area (Å²) in [7, 11) is 0. The lowest BCUT2D eigenvalue weighted by atomic mass is 10.2. The Balaban J connectivity index is 1.79. The van der Waals surface area contributed by atoms with E-state index >= 15 is 0 Å². The number of amides is 1. The van der Waals surface area contributed by atoms with E-state index in [9.17, 15) is 9.59 Å². The van der Waals surface area contributed by atoms with Crippen LogP contribution in [0.3, 0.4) is 0 Å². The second-order valence-electron chi connectivity index (χ2n) is 5.51. The Kier molecular flexibility index (Phi) is 3.90. The largest absolute Gasteiger partial charge is 0.348 e. The number of rotatable bonds is 4. The molecule has 5 nitrogen and oxygen atoms in total. The van der Waals surface area contributed by atoms with Gasteiger partial charge in [0.1, 0.15) is 5.69 Å². The predicted octanol–water partition coefficient (Wildman–Crippen LogP) is 1.90. The number of nitrogens with one attached hydrogen (secondary N) is 2. The highest BCUT2D eigenvalue weighted by Crippen LogP contribution is 2.18. The number of hydrogen-bond donors (Lipinski definition) is 2. The summed E-state index contributed by atoms with van der Waals surface area (Å²) in [6, 6.07) is 9.90. The second kappa shape index (κ2) is 5.99. The first-order valence-electron chi connectivity index (χ1n) is 7.37. The lowest BCUT2D eigenvalue weighted by Gasteiger charge is -2.13. The van der Waals surface area contributed by atoms with Gasteiger partial charge in [0.25, 0.3) is 5.91 Å². The van der Waals surface area contributed by atoms with Crippen LogP contribution in [0, 0.1) is 0 Å². The molecule has 1 heterocycles. The molecule has 21 heavy (non-hydrogen) atoms. The topological polar surface area (TPSA) is 66.9 Å². The van der Waals surface area contributed by atoms with Crippen molar-refractivity contribution in [2.75, 3.05) is 0 Å². The lowest BCUT2D eigenvalue weighted by molar-refractivity contribution is 0.0928. The van der Waals surface area contributed by atoms with Gasteiger partial charge >= 0.3 is 5.69 Å². The molecule has 1 saturated carbocycles. The molecule has 2 N–H and O–H groups in total. The summed E-state index contributed by atoms with van der Waals surface area (Å²) in [6.45, 7) is 0.399. The van der Waals surface area contributed by atoms with Crippen LogP contribution in [-0.2, 0) is 6.54 Å². The molecule has 2 aromatic rings. The molecule has 110 valence electrons.